The average Bonchev–Trinajstić information content (AvgIpc) is 3.19. The van der Waals surface area contributed by atoms with Gasteiger partial charge < -0.3 is 18.5 Å². The van der Waals surface area contributed by atoms with Gasteiger partial charge in [-0.2, -0.15) is 0 Å². The van der Waals surface area contributed by atoms with Crippen molar-refractivity contribution in [3.05, 3.63) is 129 Å². The smallest absolute Gasteiger partial charge is 0.496 e. The van der Waals surface area contributed by atoms with Crippen molar-refractivity contribution in [1.29, 1.82) is 0 Å². The first-order chi connectivity index (χ1) is 19.0. The minimum absolute atomic E-state index is 0.236. The molecular weight excluding hydrogens is 511 g/mol. The van der Waals surface area contributed by atoms with Gasteiger partial charge in [-0.15, -0.1) is 0 Å². The van der Waals surface area contributed by atoms with Crippen molar-refractivity contribution in [3.63, 3.8) is 0 Å². The second kappa shape index (κ2) is 10.1. The summed E-state index contributed by atoms with van der Waals surface area (Å²) < 4.78 is 36.7. The van der Waals surface area contributed by atoms with Gasteiger partial charge in [-0.05, 0) is 46.5 Å². The maximum atomic E-state index is 13.7. The van der Waals surface area contributed by atoms with Crippen LogP contribution in [-0.2, 0) is 26.5 Å². The lowest BCUT2D eigenvalue weighted by molar-refractivity contribution is 0.264. The molecule has 0 radical (unpaired) electrons. The molecule has 6 nitrogen and oxygen atoms in total. The number of ether oxygens (including phenoxy) is 2. The fraction of sp³-hybridized carbons (Fsp3) is 0.125. The van der Waals surface area contributed by atoms with Gasteiger partial charge in [-0.1, -0.05) is 72.8 Å². The molecule has 0 atom stereocenters. The minimum Gasteiger partial charge on any atom is -0.496 e. The fourth-order valence-electron chi connectivity index (χ4n) is 5.25. The summed E-state index contributed by atoms with van der Waals surface area (Å²) in [5, 5.41) is 0. The van der Waals surface area contributed by atoms with Crippen LogP contribution in [0.15, 0.2) is 84.9 Å². The van der Waals surface area contributed by atoms with Crippen LogP contribution in [0.2, 0.25) is 0 Å². The Labute approximate surface area is 227 Å². The predicted octanol–water partition coefficient (Wildman–Crippen LogP) is 7.34. The molecule has 6 rings (SSSR count). The van der Waals surface area contributed by atoms with Crippen molar-refractivity contribution in [2.45, 2.75) is 12.8 Å². The number of rotatable bonds is 6. The standard InChI is InChI=1S/C32H27O6P/c1-35-29-15-7-13-25-27(29)17-21-9-3-5-11-23(21)19-31(25)37-39(33,34)38-32-20-24-12-6-4-10-22(24)18-28-26(32)14-8-16-30(28)36-2/h3-16,19-20H,17-18H2,1-2H3,(H,33,34). The second-order valence-electron chi connectivity index (χ2n) is 9.39. The van der Waals surface area contributed by atoms with Gasteiger partial charge in [-0.3, -0.25) is 4.89 Å². The Balaban J connectivity index is 1.42. The molecule has 2 aliphatic carbocycles. The van der Waals surface area contributed by atoms with E-state index in [0.29, 0.717) is 35.5 Å². The van der Waals surface area contributed by atoms with Crippen LogP contribution >= 0.6 is 7.82 Å². The largest absolute Gasteiger partial charge is 0.584 e. The molecule has 0 aliphatic heterocycles. The van der Waals surface area contributed by atoms with Gasteiger partial charge in [0.15, 0.2) is 0 Å². The van der Waals surface area contributed by atoms with Crippen LogP contribution in [0.25, 0.3) is 23.7 Å². The number of benzene rings is 4. The number of methoxy groups -OCH3 is 2. The Morgan fingerprint density at radius 3 is 1.49 bits per heavy atom. The SMILES string of the molecule is COc1cccc2c1Cc1ccccc1C=C2OP(=O)(O)OC1=Cc2ccccc2Cc2c(OC)cccc21. The summed E-state index contributed by atoms with van der Waals surface area (Å²) in [6.07, 6.45) is 4.73. The lowest BCUT2D eigenvalue weighted by Crippen LogP contribution is -2.02. The first-order valence-corrected chi connectivity index (χ1v) is 14.1. The molecule has 0 spiro atoms. The maximum absolute atomic E-state index is 13.7. The van der Waals surface area contributed by atoms with Gasteiger partial charge in [0.25, 0.3) is 0 Å². The minimum atomic E-state index is -4.67. The van der Waals surface area contributed by atoms with E-state index in [2.05, 4.69) is 0 Å². The Morgan fingerprint density at radius 2 is 1.05 bits per heavy atom. The Morgan fingerprint density at radius 1 is 0.615 bits per heavy atom. The first kappa shape index (κ1) is 25.1. The van der Waals surface area contributed by atoms with Crippen LogP contribution in [0.1, 0.15) is 44.5 Å². The zero-order chi connectivity index (χ0) is 27.0. The number of phosphoric acid groups is 1. The first-order valence-electron chi connectivity index (χ1n) is 12.6. The van der Waals surface area contributed by atoms with E-state index in [1.54, 1.807) is 26.4 Å². The van der Waals surface area contributed by atoms with Gasteiger partial charge in [0.1, 0.15) is 23.0 Å². The molecule has 0 bridgehead atoms. The third kappa shape index (κ3) is 4.85. The highest BCUT2D eigenvalue weighted by Crippen LogP contribution is 2.54. The number of phosphoric ester groups is 1. The van der Waals surface area contributed by atoms with Crippen molar-refractivity contribution in [2.24, 2.45) is 0 Å². The average molecular weight is 539 g/mol. The number of hydrogen-bond acceptors (Lipinski definition) is 5. The molecule has 4 aromatic rings. The summed E-state index contributed by atoms with van der Waals surface area (Å²) in [5.41, 5.74) is 6.98. The molecule has 39 heavy (non-hydrogen) atoms. The molecule has 0 saturated heterocycles. The van der Waals surface area contributed by atoms with Crippen LogP contribution in [0.4, 0.5) is 0 Å². The highest BCUT2D eigenvalue weighted by atomic mass is 31.2. The third-order valence-electron chi connectivity index (χ3n) is 7.08. The Bertz CT molecular complexity index is 1570. The van der Waals surface area contributed by atoms with E-state index in [0.717, 1.165) is 33.4 Å². The van der Waals surface area contributed by atoms with Gasteiger partial charge in [-0.25, -0.2) is 4.57 Å². The van der Waals surface area contributed by atoms with Crippen molar-refractivity contribution in [2.75, 3.05) is 14.2 Å². The van der Waals surface area contributed by atoms with Crippen LogP contribution in [0.3, 0.4) is 0 Å². The highest BCUT2D eigenvalue weighted by molar-refractivity contribution is 7.48. The van der Waals surface area contributed by atoms with Gasteiger partial charge in [0.05, 0.1) is 14.2 Å². The molecule has 0 saturated carbocycles. The predicted molar refractivity (Wildman–Crippen MR) is 152 cm³/mol. The van der Waals surface area contributed by atoms with Gasteiger partial charge >= 0.3 is 7.82 Å². The van der Waals surface area contributed by atoms with Crippen molar-refractivity contribution in [3.8, 4) is 11.5 Å². The van der Waals surface area contributed by atoms with Crippen molar-refractivity contribution >= 4 is 31.5 Å². The van der Waals surface area contributed by atoms with E-state index < -0.39 is 7.82 Å². The molecule has 0 amide bonds. The molecule has 0 fully saturated rings. The summed E-state index contributed by atoms with van der Waals surface area (Å²) in [4.78, 5) is 11.2. The lowest BCUT2D eigenvalue weighted by Gasteiger charge is -2.20. The van der Waals surface area contributed by atoms with E-state index in [-0.39, 0.29) is 11.5 Å². The quantitative estimate of drug-likeness (QED) is 0.259. The molecule has 196 valence electrons. The maximum Gasteiger partial charge on any atom is 0.584 e. The lowest BCUT2D eigenvalue weighted by atomic mass is 9.99. The van der Waals surface area contributed by atoms with E-state index >= 15 is 0 Å². The monoisotopic (exact) mass is 538 g/mol. The van der Waals surface area contributed by atoms with Crippen molar-refractivity contribution in [1.82, 2.24) is 0 Å². The summed E-state index contributed by atoms with van der Waals surface area (Å²) >= 11 is 0. The summed E-state index contributed by atoms with van der Waals surface area (Å²) in [5.74, 6) is 1.83. The van der Waals surface area contributed by atoms with Crippen LogP contribution in [0, 0.1) is 0 Å². The summed E-state index contributed by atoms with van der Waals surface area (Å²) in [6, 6.07) is 26.9. The topological polar surface area (TPSA) is 74.2 Å². The summed E-state index contributed by atoms with van der Waals surface area (Å²) in [7, 11) is -1.45. The zero-order valence-corrected chi connectivity index (χ0v) is 22.5. The number of fused-ring (bicyclic) bond motifs is 4. The molecule has 0 heterocycles. The zero-order valence-electron chi connectivity index (χ0n) is 21.6. The van der Waals surface area contributed by atoms with Crippen LogP contribution in [-0.4, -0.2) is 19.1 Å². The number of hydrogen-bond donors (Lipinski definition) is 1. The Hall–Kier alpha value is -4.25. The molecule has 2 aliphatic rings. The Kier molecular flexibility index (Phi) is 6.51. The summed E-state index contributed by atoms with van der Waals surface area (Å²) in [6.45, 7) is 0. The molecule has 0 aromatic heterocycles. The third-order valence-corrected chi connectivity index (χ3v) is 7.94. The van der Waals surface area contributed by atoms with Gasteiger partial charge in [0.2, 0.25) is 0 Å². The molecule has 1 N–H and O–H groups in total. The van der Waals surface area contributed by atoms with Gasteiger partial charge in [0, 0.05) is 35.1 Å². The molecule has 7 heteroatoms. The van der Waals surface area contributed by atoms with E-state index in [9.17, 15) is 9.46 Å². The highest BCUT2D eigenvalue weighted by Gasteiger charge is 2.32. The fourth-order valence-corrected chi connectivity index (χ4v) is 6.09. The van der Waals surface area contributed by atoms with E-state index in [4.69, 9.17) is 18.5 Å². The van der Waals surface area contributed by atoms with Crippen molar-refractivity contribution < 1.29 is 28.0 Å². The molecule has 4 aromatic carbocycles. The second-order valence-corrected chi connectivity index (χ2v) is 10.7. The normalized spacial score (nSPS) is 13.7. The van der Waals surface area contributed by atoms with E-state index in [1.165, 1.54) is 0 Å². The molecular formula is C32H27O6P. The van der Waals surface area contributed by atoms with Crippen LogP contribution in [0.5, 0.6) is 11.5 Å². The van der Waals surface area contributed by atoms with E-state index in [1.807, 2.05) is 84.9 Å². The van der Waals surface area contributed by atoms with Crippen LogP contribution < -0.4 is 9.47 Å². The molecule has 0 unspecified atom stereocenters.